The number of phenolic OH excluding ortho intramolecular Hbond substituents is 1. The number of phenols is 1. The lowest BCUT2D eigenvalue weighted by Crippen LogP contribution is -2.36. The van der Waals surface area contributed by atoms with E-state index in [2.05, 4.69) is 27.0 Å². The third-order valence-electron chi connectivity index (χ3n) is 10.6. The van der Waals surface area contributed by atoms with Crippen LogP contribution in [0.3, 0.4) is 0 Å². The van der Waals surface area contributed by atoms with Gasteiger partial charge >= 0.3 is 6.09 Å². The summed E-state index contributed by atoms with van der Waals surface area (Å²) in [6.07, 6.45) is 6.96. The predicted octanol–water partition coefficient (Wildman–Crippen LogP) is 5.90. The number of anilines is 1. The van der Waals surface area contributed by atoms with Crippen molar-refractivity contribution in [3.05, 3.63) is 94.3 Å². The van der Waals surface area contributed by atoms with Crippen LogP contribution in [0.4, 0.5) is 10.5 Å². The lowest BCUT2D eigenvalue weighted by atomic mass is 9.81. The number of aryl methyl sites for hydroxylation is 1. The maximum absolute atomic E-state index is 13.0. The number of aliphatic hydroxyl groups is 1. The molecule has 276 valence electrons. The Morgan fingerprint density at radius 1 is 0.923 bits per heavy atom. The molecule has 1 heterocycles. The van der Waals surface area contributed by atoms with Crippen LogP contribution in [0.25, 0.3) is 22.0 Å². The van der Waals surface area contributed by atoms with Gasteiger partial charge in [-0.15, -0.1) is 0 Å². The number of hydrogen-bond donors (Lipinski definition) is 7. The van der Waals surface area contributed by atoms with E-state index in [0.29, 0.717) is 41.2 Å². The summed E-state index contributed by atoms with van der Waals surface area (Å²) in [7, 11) is 0. The number of amides is 2. The molecule has 2 aliphatic rings. The lowest BCUT2D eigenvalue weighted by Gasteiger charge is -2.28. The summed E-state index contributed by atoms with van der Waals surface area (Å²) >= 11 is 0. The zero-order valence-electron chi connectivity index (χ0n) is 29.6. The van der Waals surface area contributed by atoms with Crippen LogP contribution in [0, 0.1) is 11.8 Å². The molecule has 2 amide bonds. The average Bonchev–Trinajstić information content (AvgIpc) is 3.15. The van der Waals surface area contributed by atoms with Gasteiger partial charge in [-0.25, -0.2) is 4.79 Å². The molecular formula is C41H51N5O6. The Balaban J connectivity index is 0.926. The second-order valence-corrected chi connectivity index (χ2v) is 14.4. The molecule has 0 spiro atoms. The van der Waals surface area contributed by atoms with Gasteiger partial charge in [0.2, 0.25) is 11.5 Å². The molecule has 2 fully saturated rings. The minimum absolute atomic E-state index is 0.000713. The summed E-state index contributed by atoms with van der Waals surface area (Å²) < 4.78 is 5.75. The number of ether oxygens (including phenoxy) is 1. The highest BCUT2D eigenvalue weighted by molar-refractivity contribution is 5.92. The Hall–Kier alpha value is -4.71. The highest BCUT2D eigenvalue weighted by Gasteiger charge is 2.26. The first-order valence-corrected chi connectivity index (χ1v) is 18.7. The van der Waals surface area contributed by atoms with Gasteiger partial charge in [-0.05, 0) is 112 Å². The molecule has 2 aliphatic carbocycles. The van der Waals surface area contributed by atoms with Crippen molar-refractivity contribution in [2.75, 3.05) is 25.0 Å². The van der Waals surface area contributed by atoms with Crippen LogP contribution in [-0.4, -0.2) is 59.0 Å². The highest BCUT2D eigenvalue weighted by Crippen LogP contribution is 2.32. The first-order valence-electron chi connectivity index (χ1n) is 18.7. The summed E-state index contributed by atoms with van der Waals surface area (Å²) in [5.74, 6) is 0.491. The van der Waals surface area contributed by atoms with Gasteiger partial charge in [-0.1, -0.05) is 48.5 Å². The maximum Gasteiger partial charge on any atom is 0.411 e. The van der Waals surface area contributed by atoms with E-state index in [-0.39, 0.29) is 35.3 Å². The fourth-order valence-corrected chi connectivity index (χ4v) is 7.58. The van der Waals surface area contributed by atoms with Gasteiger partial charge in [0.15, 0.2) is 0 Å². The molecule has 1 aromatic heterocycles. The number of nitrogens with one attached hydrogen (secondary N) is 4. The third-order valence-corrected chi connectivity index (χ3v) is 10.6. The van der Waals surface area contributed by atoms with Gasteiger partial charge in [-0.3, -0.25) is 14.9 Å². The quantitative estimate of drug-likeness (QED) is 0.0839. The molecule has 0 saturated heterocycles. The van der Waals surface area contributed by atoms with E-state index in [4.69, 9.17) is 10.5 Å². The number of nitrogens with two attached hydrogens (primary N) is 1. The number of carbonyl (C=O) groups excluding carboxylic acids is 2. The van der Waals surface area contributed by atoms with Gasteiger partial charge in [0.1, 0.15) is 11.9 Å². The van der Waals surface area contributed by atoms with E-state index in [0.717, 1.165) is 87.4 Å². The van der Waals surface area contributed by atoms with E-state index >= 15 is 0 Å². The molecule has 8 N–H and O–H groups in total. The highest BCUT2D eigenvalue weighted by atomic mass is 16.6. The van der Waals surface area contributed by atoms with E-state index in [1.54, 1.807) is 12.1 Å². The van der Waals surface area contributed by atoms with Crippen LogP contribution < -0.4 is 27.2 Å². The van der Waals surface area contributed by atoms with Crippen LogP contribution in [0.2, 0.25) is 0 Å². The standard InChI is InChI=1S/C41H51N5O6/c42-30-13-15-31(16-14-30)52-41(51)45-35-23-26(10-17-32(35)28-6-2-1-3-7-28)5-4-22-44-40(50)29-11-8-27(9-12-29)24-43-25-37(48)33-18-20-36(47)39-34(33)19-21-38(49)46-39/h1-3,6-7,10,17-21,23,27,29-31,37,43,47-48H,4-5,8-9,11-16,22,24-25,42H2,(H,44,50)(H,45,51)(H,46,49)/t27-,29-,30-,31-,37-/m0/s1. The van der Waals surface area contributed by atoms with E-state index in [9.17, 15) is 24.6 Å². The molecule has 0 radical (unpaired) electrons. The zero-order valence-corrected chi connectivity index (χ0v) is 29.6. The number of pyridine rings is 1. The second kappa shape index (κ2) is 17.7. The molecule has 0 bridgehead atoms. The van der Waals surface area contributed by atoms with Gasteiger partial charge in [-0.2, -0.15) is 0 Å². The number of aliphatic hydroxyl groups excluding tert-OH is 1. The van der Waals surface area contributed by atoms with Gasteiger partial charge in [0.05, 0.1) is 17.3 Å². The number of hydrogen-bond acceptors (Lipinski definition) is 8. The van der Waals surface area contributed by atoms with Crippen LogP contribution in [0.15, 0.2) is 77.6 Å². The summed E-state index contributed by atoms with van der Waals surface area (Å²) in [5, 5.41) is 31.1. The Bertz CT molecular complexity index is 1870. The number of benzene rings is 3. The molecule has 3 aromatic carbocycles. The van der Waals surface area contributed by atoms with Gasteiger partial charge < -0.3 is 36.3 Å². The lowest BCUT2D eigenvalue weighted by molar-refractivity contribution is -0.126. The Labute approximate surface area is 304 Å². The smallest absolute Gasteiger partial charge is 0.411 e. The topological polar surface area (TPSA) is 179 Å². The normalized spacial score (nSPS) is 21.0. The van der Waals surface area contributed by atoms with Crippen molar-refractivity contribution in [1.29, 1.82) is 0 Å². The number of rotatable bonds is 13. The Morgan fingerprint density at radius 2 is 1.69 bits per heavy atom. The maximum atomic E-state index is 13.0. The van der Waals surface area contributed by atoms with Crippen molar-refractivity contribution in [2.45, 2.75) is 82.5 Å². The first kappa shape index (κ1) is 37.1. The summed E-state index contributed by atoms with van der Waals surface area (Å²) in [5.41, 5.74) is 10.4. The molecule has 2 saturated carbocycles. The number of fused-ring (bicyclic) bond motifs is 1. The molecule has 0 unspecified atom stereocenters. The van der Waals surface area contributed by atoms with Gasteiger partial charge in [0.25, 0.3) is 0 Å². The fraction of sp³-hybridized carbons (Fsp3) is 0.439. The molecule has 0 aliphatic heterocycles. The minimum atomic E-state index is -0.802. The van der Waals surface area contributed by atoms with Crippen molar-refractivity contribution in [1.82, 2.24) is 15.6 Å². The van der Waals surface area contributed by atoms with Gasteiger partial charge in [0, 0.05) is 42.1 Å². The molecule has 11 nitrogen and oxygen atoms in total. The first-order chi connectivity index (χ1) is 25.2. The van der Waals surface area contributed by atoms with Crippen LogP contribution >= 0.6 is 0 Å². The fourth-order valence-electron chi connectivity index (χ4n) is 7.58. The monoisotopic (exact) mass is 709 g/mol. The molecule has 1 atom stereocenters. The van der Waals surface area contributed by atoms with Crippen LogP contribution in [-0.2, 0) is 16.0 Å². The largest absolute Gasteiger partial charge is 0.506 e. The number of aromatic hydroxyl groups is 1. The number of aromatic amines is 1. The molecular weight excluding hydrogens is 658 g/mol. The molecule has 6 rings (SSSR count). The summed E-state index contributed by atoms with van der Waals surface area (Å²) in [6, 6.07) is 22.4. The van der Waals surface area contributed by atoms with Crippen molar-refractivity contribution >= 4 is 28.6 Å². The molecule has 4 aromatic rings. The van der Waals surface area contributed by atoms with Crippen molar-refractivity contribution in [2.24, 2.45) is 17.6 Å². The van der Waals surface area contributed by atoms with Crippen molar-refractivity contribution in [3.8, 4) is 16.9 Å². The SMILES string of the molecule is N[C@H]1CC[C@H](OC(=O)Nc2cc(CCCNC(=O)[C@H]3CC[C@H](CNC[C@H](O)c4ccc(O)c5[nH]c(=O)ccc45)CC3)ccc2-c2ccccc2)CC1. The Morgan fingerprint density at radius 3 is 2.46 bits per heavy atom. The summed E-state index contributed by atoms with van der Waals surface area (Å²) in [6.45, 7) is 1.66. The average molecular weight is 710 g/mol. The van der Waals surface area contributed by atoms with E-state index < -0.39 is 12.2 Å². The zero-order chi connectivity index (χ0) is 36.5. The molecule has 52 heavy (non-hydrogen) atoms. The molecule has 11 heteroatoms. The predicted molar refractivity (Wildman–Crippen MR) is 203 cm³/mol. The Kier molecular flexibility index (Phi) is 12.6. The third kappa shape index (κ3) is 9.78. The number of aromatic nitrogens is 1. The van der Waals surface area contributed by atoms with Crippen molar-refractivity contribution < 1.29 is 24.5 Å². The summed E-state index contributed by atoms with van der Waals surface area (Å²) in [4.78, 5) is 40.3. The second-order valence-electron chi connectivity index (χ2n) is 14.4. The number of H-pyrrole nitrogens is 1. The van der Waals surface area contributed by atoms with Crippen molar-refractivity contribution in [3.63, 3.8) is 0 Å². The van der Waals surface area contributed by atoms with Crippen LogP contribution in [0.5, 0.6) is 5.75 Å². The minimum Gasteiger partial charge on any atom is -0.506 e. The van der Waals surface area contributed by atoms with E-state index in [1.165, 1.54) is 12.1 Å². The van der Waals surface area contributed by atoms with Crippen LogP contribution in [0.1, 0.15) is 75.0 Å². The van der Waals surface area contributed by atoms with E-state index in [1.807, 2.05) is 42.5 Å². The number of carbonyl (C=O) groups is 2.